The lowest BCUT2D eigenvalue weighted by Crippen LogP contribution is -2.14. The zero-order valence-corrected chi connectivity index (χ0v) is 4.35. The number of azo groups is 1. The van der Waals surface area contributed by atoms with Crippen molar-refractivity contribution in [3.8, 4) is 0 Å². The number of nitrogens with two attached hydrogens (primary N) is 1. The average Bonchev–Trinajstić information content (AvgIpc) is 2.14. The summed E-state index contributed by atoms with van der Waals surface area (Å²) in [6.45, 7) is 0. The number of carboxylic acid groups (broad SMARTS) is 1. The van der Waals surface area contributed by atoms with Gasteiger partial charge in [0.25, 0.3) is 6.17 Å². The van der Waals surface area contributed by atoms with Crippen molar-refractivity contribution in [2.45, 2.75) is 6.17 Å². The molecule has 9 heavy (non-hydrogen) atoms. The van der Waals surface area contributed by atoms with E-state index in [-0.39, 0.29) is 5.96 Å². The van der Waals surface area contributed by atoms with Crippen molar-refractivity contribution in [1.29, 1.82) is 0 Å². The molecule has 1 atom stereocenters. The largest absolute Gasteiger partial charge is 0.478 e. The van der Waals surface area contributed by atoms with Crippen LogP contribution in [0.1, 0.15) is 0 Å². The number of rotatable bonds is 1. The van der Waals surface area contributed by atoms with Crippen molar-refractivity contribution in [3.63, 3.8) is 0 Å². The lowest BCUT2D eigenvalue weighted by Gasteiger charge is -1.88. The molecule has 0 saturated heterocycles. The van der Waals surface area contributed by atoms with Gasteiger partial charge in [-0.2, -0.15) is 0 Å². The smallest absolute Gasteiger partial charge is 0.353 e. The Balaban J connectivity index is 2.70. The zero-order valence-electron chi connectivity index (χ0n) is 4.35. The van der Waals surface area contributed by atoms with E-state index in [1.807, 2.05) is 0 Å². The Morgan fingerprint density at radius 1 is 1.78 bits per heavy atom. The first-order valence-corrected chi connectivity index (χ1v) is 2.17. The quantitative estimate of drug-likeness (QED) is 0.482. The Kier molecular flexibility index (Phi) is 1.14. The number of aliphatic carboxylic acids is 1. The molecular formula is C3H4N4O2. The molecule has 0 saturated carbocycles. The van der Waals surface area contributed by atoms with Gasteiger partial charge in [-0.3, -0.25) is 0 Å². The summed E-state index contributed by atoms with van der Waals surface area (Å²) in [5, 5.41) is 14.6. The van der Waals surface area contributed by atoms with Gasteiger partial charge in [-0.25, -0.2) is 9.79 Å². The molecule has 0 aromatic carbocycles. The third-order valence-corrected chi connectivity index (χ3v) is 0.745. The van der Waals surface area contributed by atoms with Crippen molar-refractivity contribution in [3.05, 3.63) is 0 Å². The van der Waals surface area contributed by atoms with E-state index in [2.05, 4.69) is 15.2 Å². The lowest BCUT2D eigenvalue weighted by atomic mass is 10.5. The van der Waals surface area contributed by atoms with Gasteiger partial charge in [-0.05, 0) is 0 Å². The summed E-state index contributed by atoms with van der Waals surface area (Å²) in [4.78, 5) is 13.4. The van der Waals surface area contributed by atoms with E-state index in [4.69, 9.17) is 10.8 Å². The summed E-state index contributed by atoms with van der Waals surface area (Å²) in [5.74, 6) is -1.22. The number of hydrogen-bond donors (Lipinski definition) is 2. The zero-order chi connectivity index (χ0) is 6.85. The first-order valence-electron chi connectivity index (χ1n) is 2.17. The van der Waals surface area contributed by atoms with E-state index in [1.54, 1.807) is 0 Å². The van der Waals surface area contributed by atoms with Crippen molar-refractivity contribution < 1.29 is 9.90 Å². The van der Waals surface area contributed by atoms with Gasteiger partial charge in [0.2, 0.25) is 5.96 Å². The van der Waals surface area contributed by atoms with Gasteiger partial charge in [0.15, 0.2) is 0 Å². The van der Waals surface area contributed by atoms with Crippen LogP contribution < -0.4 is 5.73 Å². The highest BCUT2D eigenvalue weighted by Gasteiger charge is 2.19. The molecule has 0 aromatic heterocycles. The summed E-state index contributed by atoms with van der Waals surface area (Å²) in [6, 6.07) is 0. The Morgan fingerprint density at radius 2 is 2.44 bits per heavy atom. The maximum Gasteiger partial charge on any atom is 0.353 e. The predicted molar refractivity (Wildman–Crippen MR) is 27.9 cm³/mol. The second-order valence-electron chi connectivity index (χ2n) is 1.41. The molecule has 0 aromatic rings. The van der Waals surface area contributed by atoms with Crippen LogP contribution in [0.15, 0.2) is 15.2 Å². The molecule has 6 nitrogen and oxygen atoms in total. The third kappa shape index (κ3) is 1.01. The molecule has 3 N–H and O–H groups in total. The molecule has 1 aliphatic heterocycles. The maximum absolute atomic E-state index is 10.0. The molecule has 6 heteroatoms. The van der Waals surface area contributed by atoms with E-state index in [0.29, 0.717) is 0 Å². The van der Waals surface area contributed by atoms with Crippen LogP contribution in [-0.2, 0) is 4.79 Å². The van der Waals surface area contributed by atoms with Crippen LogP contribution in [0.25, 0.3) is 0 Å². The van der Waals surface area contributed by atoms with Crippen LogP contribution in [0, 0.1) is 0 Å². The highest BCUT2D eigenvalue weighted by atomic mass is 16.4. The van der Waals surface area contributed by atoms with E-state index in [1.165, 1.54) is 0 Å². The molecule has 0 aliphatic carbocycles. The van der Waals surface area contributed by atoms with Gasteiger partial charge in [0.05, 0.1) is 0 Å². The third-order valence-electron chi connectivity index (χ3n) is 0.745. The van der Waals surface area contributed by atoms with Crippen molar-refractivity contribution >= 4 is 11.9 Å². The van der Waals surface area contributed by atoms with Crippen LogP contribution in [0.4, 0.5) is 0 Å². The molecule has 0 bridgehead atoms. The molecule has 0 unspecified atom stereocenters. The number of hydrogen-bond acceptors (Lipinski definition) is 5. The summed E-state index contributed by atoms with van der Waals surface area (Å²) in [7, 11) is 0. The van der Waals surface area contributed by atoms with Crippen molar-refractivity contribution in [2.75, 3.05) is 0 Å². The fourth-order valence-electron chi connectivity index (χ4n) is 0.395. The molecule has 1 aliphatic rings. The number of aliphatic imine (C=N–C) groups is 1. The Morgan fingerprint density at radius 3 is 2.67 bits per heavy atom. The number of guanidine groups is 1. The van der Waals surface area contributed by atoms with Gasteiger partial charge < -0.3 is 10.8 Å². The SMILES string of the molecule is NC1=N[C@@H](C(=O)O)N=N1. The first-order chi connectivity index (χ1) is 4.20. The van der Waals surface area contributed by atoms with Crippen molar-refractivity contribution in [2.24, 2.45) is 21.0 Å². The maximum atomic E-state index is 10.0. The first kappa shape index (κ1) is 5.67. The Hall–Kier alpha value is -1.46. The van der Waals surface area contributed by atoms with Crippen LogP contribution in [0.2, 0.25) is 0 Å². The van der Waals surface area contributed by atoms with Gasteiger partial charge in [0, 0.05) is 0 Å². The minimum atomic E-state index is -1.14. The predicted octanol–water partition coefficient (Wildman–Crippen LogP) is -0.822. The summed E-state index contributed by atoms with van der Waals surface area (Å²) < 4.78 is 0. The molecule has 1 heterocycles. The topological polar surface area (TPSA) is 100 Å². The van der Waals surface area contributed by atoms with E-state index in [0.717, 1.165) is 0 Å². The molecule has 0 fully saturated rings. The lowest BCUT2D eigenvalue weighted by molar-refractivity contribution is -0.138. The monoisotopic (exact) mass is 128 g/mol. The number of carboxylic acids is 1. The van der Waals surface area contributed by atoms with E-state index >= 15 is 0 Å². The van der Waals surface area contributed by atoms with Crippen LogP contribution in [0.3, 0.4) is 0 Å². The van der Waals surface area contributed by atoms with Crippen LogP contribution in [-0.4, -0.2) is 23.2 Å². The second kappa shape index (κ2) is 1.81. The van der Waals surface area contributed by atoms with E-state index in [9.17, 15) is 4.79 Å². The fraction of sp³-hybridized carbons (Fsp3) is 0.333. The molecular weight excluding hydrogens is 124 g/mol. The normalized spacial score (nSPS) is 24.0. The molecule has 48 valence electrons. The second-order valence-corrected chi connectivity index (χ2v) is 1.41. The van der Waals surface area contributed by atoms with Crippen LogP contribution >= 0.6 is 0 Å². The van der Waals surface area contributed by atoms with E-state index < -0.39 is 12.1 Å². The Labute approximate surface area is 50.1 Å². The standard InChI is InChI=1S/C3H4N4O2/c4-3-5-1(2(8)9)6-7-3/h1H,(H2,4,5)(H,8,9)/t1-/m1/s1. The Bertz CT molecular complexity index is 196. The average molecular weight is 128 g/mol. The molecule has 0 amide bonds. The van der Waals surface area contributed by atoms with Gasteiger partial charge >= 0.3 is 5.97 Å². The van der Waals surface area contributed by atoms with Gasteiger partial charge in [-0.15, -0.1) is 10.2 Å². The summed E-state index contributed by atoms with van der Waals surface area (Å²) in [5.41, 5.74) is 4.99. The molecule has 1 rings (SSSR count). The highest BCUT2D eigenvalue weighted by molar-refractivity contribution is 5.85. The summed E-state index contributed by atoms with van der Waals surface area (Å²) in [6.07, 6.45) is -1.12. The van der Waals surface area contributed by atoms with Gasteiger partial charge in [-0.1, -0.05) is 0 Å². The number of nitrogens with zero attached hydrogens (tertiary/aromatic N) is 3. The van der Waals surface area contributed by atoms with Gasteiger partial charge in [0.1, 0.15) is 0 Å². The molecule has 0 radical (unpaired) electrons. The minimum absolute atomic E-state index is 0.0811. The minimum Gasteiger partial charge on any atom is -0.478 e. The number of carbonyl (C=O) groups is 1. The highest BCUT2D eigenvalue weighted by Crippen LogP contribution is 2.01. The van der Waals surface area contributed by atoms with Crippen molar-refractivity contribution in [1.82, 2.24) is 0 Å². The summed E-state index contributed by atoms with van der Waals surface area (Å²) >= 11 is 0. The fourth-order valence-corrected chi connectivity index (χ4v) is 0.395. The molecule has 0 spiro atoms. The van der Waals surface area contributed by atoms with Crippen LogP contribution in [0.5, 0.6) is 0 Å².